The number of aromatic amines is 2. The zero-order chi connectivity index (χ0) is 33.7. The van der Waals surface area contributed by atoms with Crippen LogP contribution in [0.25, 0.3) is 55.9 Å². The highest BCUT2D eigenvalue weighted by molar-refractivity contribution is 6.09. The molecular weight excluding hydrogens is 606 g/mol. The summed E-state index contributed by atoms with van der Waals surface area (Å²) in [6.45, 7) is 6.15. The van der Waals surface area contributed by atoms with Gasteiger partial charge in [0, 0.05) is 23.0 Å². The number of rotatable bonds is 10. The van der Waals surface area contributed by atoms with Crippen LogP contribution >= 0.6 is 0 Å². The van der Waals surface area contributed by atoms with Gasteiger partial charge in [0.25, 0.3) is 5.56 Å². The Hall–Kier alpha value is -6.15. The Morgan fingerprint density at radius 1 is 0.694 bits per heavy atom. The van der Waals surface area contributed by atoms with Crippen LogP contribution in [-0.2, 0) is 6.42 Å². The van der Waals surface area contributed by atoms with E-state index < -0.39 is 0 Å². The molecule has 7 aromatic rings. The van der Waals surface area contributed by atoms with Crippen LogP contribution < -0.4 is 10.9 Å². The van der Waals surface area contributed by atoms with Gasteiger partial charge in [0.05, 0.1) is 16.8 Å². The molecule has 0 aliphatic heterocycles. The molecule has 242 valence electrons. The van der Waals surface area contributed by atoms with Crippen LogP contribution in [0.3, 0.4) is 0 Å². The first-order chi connectivity index (χ1) is 24.0. The summed E-state index contributed by atoms with van der Waals surface area (Å²) in [5, 5.41) is 19.4. The normalized spacial score (nSPS) is 11.1. The third kappa shape index (κ3) is 6.16. The van der Waals surface area contributed by atoms with E-state index in [1.54, 1.807) is 13.1 Å². The molecule has 0 fully saturated rings. The molecule has 0 aliphatic rings. The first-order valence-electron chi connectivity index (χ1n) is 16.6. The molecule has 0 saturated heterocycles. The third-order valence-electron chi connectivity index (χ3n) is 8.87. The zero-order valence-electron chi connectivity index (χ0n) is 27.8. The van der Waals surface area contributed by atoms with E-state index in [-0.39, 0.29) is 5.56 Å². The number of hydrogen-bond donors (Lipinski definition) is 3. The van der Waals surface area contributed by atoms with Gasteiger partial charge in [-0.15, -0.1) is 5.10 Å². The number of tetrazole rings is 1. The van der Waals surface area contributed by atoms with Crippen molar-refractivity contribution >= 4 is 11.4 Å². The van der Waals surface area contributed by atoms with E-state index in [0.29, 0.717) is 28.3 Å². The molecule has 0 saturated carbocycles. The smallest absolute Gasteiger partial charge is 0.258 e. The lowest BCUT2D eigenvalue weighted by molar-refractivity contribution is 0.797. The number of nitrogens with zero attached hydrogens (tertiary/aromatic N) is 4. The Morgan fingerprint density at radius 2 is 1.37 bits per heavy atom. The van der Waals surface area contributed by atoms with Crippen molar-refractivity contribution in [3.63, 3.8) is 0 Å². The number of aryl methyl sites for hydroxylation is 2. The van der Waals surface area contributed by atoms with E-state index in [2.05, 4.69) is 104 Å². The van der Waals surface area contributed by atoms with Gasteiger partial charge in [-0.1, -0.05) is 110 Å². The Labute approximate surface area is 285 Å². The summed E-state index contributed by atoms with van der Waals surface area (Å²) in [4.78, 5) is 21.5. The van der Waals surface area contributed by atoms with E-state index in [9.17, 15) is 4.79 Å². The fourth-order valence-corrected chi connectivity index (χ4v) is 6.71. The van der Waals surface area contributed by atoms with E-state index in [1.807, 2.05) is 54.6 Å². The molecule has 0 atom stereocenters. The van der Waals surface area contributed by atoms with Crippen LogP contribution in [0.4, 0.5) is 11.4 Å². The number of para-hydroxylation sites is 1. The van der Waals surface area contributed by atoms with Crippen LogP contribution in [0.5, 0.6) is 0 Å². The molecule has 8 nitrogen and oxygen atoms in total. The van der Waals surface area contributed by atoms with Crippen LogP contribution in [0, 0.1) is 13.8 Å². The number of benzene rings is 5. The van der Waals surface area contributed by atoms with E-state index in [4.69, 9.17) is 0 Å². The lowest BCUT2D eigenvalue weighted by Gasteiger charge is -2.28. The SMILES string of the molecule is CCCCc1c(-c2cccc(C)c2-c2ccccc2)c(Nc2ccccc2)c(-c2nnn[nH]2)c(-c2cnc(C)[nH]c2=O)c1-c1ccccc1. The number of aromatic nitrogens is 6. The van der Waals surface area contributed by atoms with Crippen LogP contribution in [0.1, 0.15) is 36.7 Å². The zero-order valence-corrected chi connectivity index (χ0v) is 27.8. The van der Waals surface area contributed by atoms with E-state index in [1.165, 1.54) is 0 Å². The predicted molar refractivity (Wildman–Crippen MR) is 198 cm³/mol. The minimum absolute atomic E-state index is 0.237. The predicted octanol–water partition coefficient (Wildman–Crippen LogP) is 9.32. The number of hydrogen-bond acceptors (Lipinski definition) is 6. The fourth-order valence-electron chi connectivity index (χ4n) is 6.71. The molecule has 0 spiro atoms. The standard InChI is InChI=1S/C41H37N7O/c1-4-5-23-32-35(29-19-11-7-12-20-29)37(33-25-42-27(3)43-41(33)49)38(40-45-47-48-46-40)39(44-30-21-13-8-14-22-30)36(32)31-24-15-16-26(2)34(31)28-17-9-6-10-18-28/h6-22,24-25,44H,4-5,23H2,1-3H3,(H,42,43,49)(H,45,46,47,48). The average molecular weight is 644 g/mol. The lowest BCUT2D eigenvalue weighted by Crippen LogP contribution is -2.15. The maximum Gasteiger partial charge on any atom is 0.258 e. The second-order valence-corrected chi connectivity index (χ2v) is 12.1. The molecule has 0 radical (unpaired) electrons. The molecule has 0 amide bonds. The fraction of sp³-hybridized carbons (Fsp3) is 0.146. The molecule has 3 N–H and O–H groups in total. The van der Waals surface area contributed by atoms with Crippen molar-refractivity contribution in [2.45, 2.75) is 40.0 Å². The van der Waals surface area contributed by atoms with Gasteiger partial charge in [0.1, 0.15) is 5.82 Å². The summed E-state index contributed by atoms with van der Waals surface area (Å²) in [7, 11) is 0. The van der Waals surface area contributed by atoms with Crippen molar-refractivity contribution in [3.05, 3.63) is 143 Å². The van der Waals surface area contributed by atoms with Crippen molar-refractivity contribution in [1.82, 2.24) is 30.6 Å². The summed E-state index contributed by atoms with van der Waals surface area (Å²) in [6.07, 6.45) is 4.36. The Kier molecular flexibility index (Phi) is 8.93. The van der Waals surface area contributed by atoms with Gasteiger partial charge in [-0.3, -0.25) is 4.79 Å². The largest absolute Gasteiger partial charge is 0.354 e. The molecule has 0 bridgehead atoms. The van der Waals surface area contributed by atoms with Gasteiger partial charge in [-0.05, 0) is 88.2 Å². The van der Waals surface area contributed by atoms with Crippen molar-refractivity contribution in [2.24, 2.45) is 0 Å². The maximum atomic E-state index is 14.0. The van der Waals surface area contributed by atoms with Gasteiger partial charge in [-0.2, -0.15) is 0 Å². The second kappa shape index (κ2) is 13.9. The first kappa shape index (κ1) is 31.4. The summed E-state index contributed by atoms with van der Waals surface area (Å²) in [5.74, 6) is 0.971. The molecule has 49 heavy (non-hydrogen) atoms. The first-order valence-corrected chi connectivity index (χ1v) is 16.6. The van der Waals surface area contributed by atoms with E-state index in [0.717, 1.165) is 75.1 Å². The van der Waals surface area contributed by atoms with Gasteiger partial charge in [-0.25, -0.2) is 10.1 Å². The highest BCUT2D eigenvalue weighted by Crippen LogP contribution is 2.53. The van der Waals surface area contributed by atoms with Crippen molar-refractivity contribution in [2.75, 3.05) is 5.32 Å². The van der Waals surface area contributed by atoms with Gasteiger partial charge in [0.2, 0.25) is 0 Å². The molecule has 5 aromatic carbocycles. The topological polar surface area (TPSA) is 112 Å². The average Bonchev–Trinajstić information content (AvgIpc) is 3.66. The van der Waals surface area contributed by atoms with Gasteiger partial charge < -0.3 is 10.3 Å². The Bertz CT molecular complexity index is 2260. The summed E-state index contributed by atoms with van der Waals surface area (Å²) < 4.78 is 0. The third-order valence-corrected chi connectivity index (χ3v) is 8.87. The van der Waals surface area contributed by atoms with E-state index >= 15 is 0 Å². The molecule has 8 heteroatoms. The molecule has 7 rings (SSSR count). The lowest BCUT2D eigenvalue weighted by atomic mass is 9.78. The van der Waals surface area contributed by atoms with Crippen LogP contribution in [0.15, 0.2) is 120 Å². The van der Waals surface area contributed by atoms with Crippen LogP contribution in [-0.4, -0.2) is 30.6 Å². The summed E-state index contributed by atoms with van der Waals surface area (Å²) >= 11 is 0. The summed E-state index contributed by atoms with van der Waals surface area (Å²) in [6, 6.07) is 37.4. The number of unbranched alkanes of at least 4 members (excludes halogenated alkanes) is 1. The second-order valence-electron chi connectivity index (χ2n) is 12.1. The highest BCUT2D eigenvalue weighted by atomic mass is 16.1. The van der Waals surface area contributed by atoms with Gasteiger partial charge in [0.15, 0.2) is 5.82 Å². The van der Waals surface area contributed by atoms with Crippen molar-refractivity contribution in [3.8, 4) is 55.9 Å². The van der Waals surface area contributed by atoms with Crippen LogP contribution in [0.2, 0.25) is 0 Å². The van der Waals surface area contributed by atoms with Crippen molar-refractivity contribution in [1.29, 1.82) is 0 Å². The number of H-pyrrole nitrogens is 2. The van der Waals surface area contributed by atoms with Crippen molar-refractivity contribution < 1.29 is 0 Å². The van der Waals surface area contributed by atoms with Gasteiger partial charge >= 0.3 is 0 Å². The molecule has 2 heterocycles. The quantitative estimate of drug-likeness (QED) is 0.137. The molecular formula is C41H37N7O. The Morgan fingerprint density at radius 3 is 2.00 bits per heavy atom. The minimum atomic E-state index is -0.237. The number of anilines is 2. The number of nitrogens with one attached hydrogen (secondary N) is 3. The minimum Gasteiger partial charge on any atom is -0.354 e. The monoisotopic (exact) mass is 643 g/mol. The maximum absolute atomic E-state index is 14.0. The highest BCUT2D eigenvalue weighted by Gasteiger charge is 2.31. The molecule has 0 unspecified atom stereocenters. The summed E-state index contributed by atoms with van der Waals surface area (Å²) in [5.41, 5.74) is 11.9. The Balaban J connectivity index is 1.75. The molecule has 0 aliphatic carbocycles. The molecule has 2 aromatic heterocycles.